The topological polar surface area (TPSA) is 52.6 Å². The summed E-state index contributed by atoms with van der Waals surface area (Å²) in [5, 5.41) is 0. The maximum atomic E-state index is 13.0. The normalized spacial score (nSPS) is 49.4. The summed E-state index contributed by atoms with van der Waals surface area (Å²) in [4.78, 5) is 25.6. The minimum Gasteiger partial charge on any atom is -0.459 e. The Hall–Kier alpha value is -0.100. The Morgan fingerprint density at radius 3 is 2.43 bits per heavy atom. The van der Waals surface area contributed by atoms with Crippen LogP contribution in [0.3, 0.4) is 0 Å². The van der Waals surface area contributed by atoms with E-state index in [2.05, 4.69) is 52.6 Å². The van der Waals surface area contributed by atoms with Crippen molar-refractivity contribution in [2.24, 2.45) is 22.7 Å². The van der Waals surface area contributed by atoms with E-state index in [4.69, 9.17) is 9.47 Å². The van der Waals surface area contributed by atoms with E-state index in [-0.39, 0.29) is 33.7 Å². The highest BCUT2D eigenvalue weighted by Gasteiger charge is 2.72. The number of rotatable bonds is 3. The lowest BCUT2D eigenvalue weighted by molar-refractivity contribution is -0.169. The Kier molecular flexibility index (Phi) is 5.06. The lowest BCUT2D eigenvalue weighted by Crippen LogP contribution is -2.52. The van der Waals surface area contributed by atoms with Crippen molar-refractivity contribution < 1.29 is 19.1 Å². The van der Waals surface area contributed by atoms with Gasteiger partial charge in [0.1, 0.15) is 11.2 Å². The molecule has 0 spiro atoms. The molecule has 7 atom stereocenters. The average molecular weight is 520 g/mol. The summed E-state index contributed by atoms with van der Waals surface area (Å²) in [6, 6.07) is 0. The molecule has 0 aromatic carbocycles. The number of carbonyl (C=O) groups excluding carboxylic acids is 2. The molecule has 3 aliphatic carbocycles. The minimum atomic E-state index is -0.437. The van der Waals surface area contributed by atoms with Crippen LogP contribution in [-0.2, 0) is 19.1 Å². The van der Waals surface area contributed by atoms with E-state index in [9.17, 15) is 9.59 Å². The van der Waals surface area contributed by atoms with Crippen LogP contribution in [0.4, 0.5) is 0 Å². The third kappa shape index (κ3) is 3.02. The van der Waals surface area contributed by atoms with Crippen LogP contribution in [0.5, 0.6) is 0 Å². The maximum Gasteiger partial charge on any atom is 0.314 e. The average Bonchev–Trinajstić information content (AvgIpc) is 3.03. The molecule has 4 aliphatic rings. The Labute approximate surface area is 185 Å². The SMILES string of the molecule is CC(=O)O[C@@]1(C[C@H]2CC[C@@]34C(=O)O[C@@](C)(CC[C@H]3Br)[C@@H]24)CC[C@@H](Br)C(C)(C)C1. The Morgan fingerprint density at radius 1 is 1.11 bits per heavy atom. The molecular formula is C22H32Br2O4. The van der Waals surface area contributed by atoms with Gasteiger partial charge in [0.2, 0.25) is 0 Å². The molecule has 4 fully saturated rings. The van der Waals surface area contributed by atoms with Gasteiger partial charge in [0.05, 0.1) is 5.41 Å². The minimum absolute atomic E-state index is 0.00657. The third-order valence-corrected chi connectivity index (χ3v) is 11.2. The summed E-state index contributed by atoms with van der Waals surface area (Å²) in [5.41, 5.74) is -1.14. The van der Waals surface area contributed by atoms with Gasteiger partial charge in [0, 0.05) is 22.5 Å². The zero-order valence-electron chi connectivity index (χ0n) is 17.4. The number of halogens is 2. The van der Waals surface area contributed by atoms with Crippen LogP contribution in [0.25, 0.3) is 0 Å². The number of esters is 2. The molecular weight excluding hydrogens is 488 g/mol. The van der Waals surface area contributed by atoms with Gasteiger partial charge in [-0.1, -0.05) is 45.7 Å². The second-order valence-electron chi connectivity index (χ2n) is 10.7. The highest BCUT2D eigenvalue weighted by Crippen LogP contribution is 2.68. The first-order valence-electron chi connectivity index (χ1n) is 10.7. The molecule has 0 N–H and O–H groups in total. The lowest BCUT2D eigenvalue weighted by atomic mass is 9.59. The molecule has 0 unspecified atom stereocenters. The van der Waals surface area contributed by atoms with Gasteiger partial charge in [-0.15, -0.1) is 0 Å². The summed E-state index contributed by atoms with van der Waals surface area (Å²) >= 11 is 7.68. The van der Waals surface area contributed by atoms with Gasteiger partial charge in [0.25, 0.3) is 0 Å². The summed E-state index contributed by atoms with van der Waals surface area (Å²) in [6.07, 6.45) is 7.36. The molecule has 28 heavy (non-hydrogen) atoms. The predicted molar refractivity (Wildman–Crippen MR) is 115 cm³/mol. The third-order valence-electron chi connectivity index (χ3n) is 8.25. The van der Waals surface area contributed by atoms with Crippen molar-refractivity contribution in [1.29, 1.82) is 0 Å². The fourth-order valence-corrected chi connectivity index (χ4v) is 8.60. The van der Waals surface area contributed by atoms with Crippen LogP contribution >= 0.6 is 31.9 Å². The van der Waals surface area contributed by atoms with E-state index < -0.39 is 11.0 Å². The quantitative estimate of drug-likeness (QED) is 0.363. The van der Waals surface area contributed by atoms with Crippen molar-refractivity contribution >= 4 is 43.8 Å². The first kappa shape index (κ1) is 21.1. The van der Waals surface area contributed by atoms with Gasteiger partial charge >= 0.3 is 11.9 Å². The second kappa shape index (κ2) is 6.70. The van der Waals surface area contributed by atoms with Crippen LogP contribution < -0.4 is 0 Å². The molecule has 158 valence electrons. The fourth-order valence-electron chi connectivity index (χ4n) is 7.28. The molecule has 1 saturated heterocycles. The molecule has 3 saturated carbocycles. The highest BCUT2D eigenvalue weighted by molar-refractivity contribution is 9.09. The van der Waals surface area contributed by atoms with Gasteiger partial charge in [-0.05, 0) is 69.6 Å². The summed E-state index contributed by atoms with van der Waals surface area (Å²) in [6.45, 7) is 8.17. The van der Waals surface area contributed by atoms with Crippen molar-refractivity contribution in [2.45, 2.75) is 99.9 Å². The van der Waals surface area contributed by atoms with Crippen LogP contribution in [0.15, 0.2) is 0 Å². The van der Waals surface area contributed by atoms with Crippen molar-refractivity contribution in [1.82, 2.24) is 0 Å². The van der Waals surface area contributed by atoms with Gasteiger partial charge in [-0.3, -0.25) is 9.59 Å². The number of hydrogen-bond donors (Lipinski definition) is 0. The first-order valence-corrected chi connectivity index (χ1v) is 12.5. The van der Waals surface area contributed by atoms with Crippen LogP contribution in [0.1, 0.15) is 79.1 Å². The number of alkyl halides is 2. The van der Waals surface area contributed by atoms with Gasteiger partial charge < -0.3 is 9.47 Å². The number of hydrogen-bond acceptors (Lipinski definition) is 4. The van der Waals surface area contributed by atoms with E-state index in [0.29, 0.717) is 10.7 Å². The Balaban J connectivity index is 1.65. The van der Waals surface area contributed by atoms with Crippen LogP contribution in [-0.4, -0.2) is 32.8 Å². The highest BCUT2D eigenvalue weighted by atomic mass is 79.9. The summed E-state index contributed by atoms with van der Waals surface area (Å²) in [7, 11) is 0. The molecule has 0 aromatic heterocycles. The van der Waals surface area contributed by atoms with Gasteiger partial charge in [0.15, 0.2) is 0 Å². The summed E-state index contributed by atoms with van der Waals surface area (Å²) < 4.78 is 12.1. The molecule has 4 nitrogen and oxygen atoms in total. The zero-order chi connectivity index (χ0) is 20.5. The van der Waals surface area contributed by atoms with E-state index >= 15 is 0 Å². The molecule has 1 aliphatic heterocycles. The molecule has 4 rings (SSSR count). The van der Waals surface area contributed by atoms with Crippen molar-refractivity contribution in [2.75, 3.05) is 0 Å². The zero-order valence-corrected chi connectivity index (χ0v) is 20.5. The smallest absolute Gasteiger partial charge is 0.314 e. The molecule has 2 bridgehead atoms. The van der Waals surface area contributed by atoms with E-state index in [0.717, 1.165) is 51.4 Å². The van der Waals surface area contributed by atoms with E-state index in [1.807, 2.05) is 0 Å². The number of carbonyl (C=O) groups is 2. The van der Waals surface area contributed by atoms with E-state index in [1.54, 1.807) is 0 Å². The largest absolute Gasteiger partial charge is 0.459 e. The fraction of sp³-hybridized carbons (Fsp3) is 0.909. The maximum absolute atomic E-state index is 13.0. The van der Waals surface area contributed by atoms with Crippen molar-refractivity contribution in [3.05, 3.63) is 0 Å². The van der Waals surface area contributed by atoms with Crippen LogP contribution in [0, 0.1) is 22.7 Å². The number of ether oxygens (including phenoxy) is 2. The molecule has 0 aromatic rings. The molecule has 0 amide bonds. The van der Waals surface area contributed by atoms with E-state index in [1.165, 1.54) is 6.92 Å². The second-order valence-corrected chi connectivity index (χ2v) is 12.9. The summed E-state index contributed by atoms with van der Waals surface area (Å²) in [5.74, 6) is 0.356. The monoisotopic (exact) mass is 518 g/mol. The molecule has 1 heterocycles. The standard InChI is InChI=1S/C22H32Br2O4/c1-13(25)27-21(9-7-15(23)19(2,3)12-21)11-14-5-10-22-16(24)6-8-20(4,17(14)22)28-18(22)26/h14-17H,5-12H2,1-4H3/t14-,15-,16-,17-,20+,21-,22-/m1/s1. The van der Waals surface area contributed by atoms with Gasteiger partial charge in [-0.2, -0.15) is 0 Å². The molecule has 0 radical (unpaired) electrons. The Morgan fingerprint density at radius 2 is 1.79 bits per heavy atom. The van der Waals surface area contributed by atoms with Gasteiger partial charge in [-0.25, -0.2) is 0 Å². The Bertz CT molecular complexity index is 694. The molecule has 6 heteroatoms. The lowest BCUT2D eigenvalue weighted by Gasteiger charge is -2.49. The van der Waals surface area contributed by atoms with Crippen molar-refractivity contribution in [3.63, 3.8) is 0 Å². The van der Waals surface area contributed by atoms with Crippen LogP contribution in [0.2, 0.25) is 0 Å². The van der Waals surface area contributed by atoms with Crippen molar-refractivity contribution in [3.8, 4) is 0 Å². The first-order chi connectivity index (χ1) is 12.9. The predicted octanol–water partition coefficient (Wildman–Crippen LogP) is 5.54.